The molecule has 2 saturated heterocycles. The molecule has 0 radical (unpaired) electrons. The standard InChI is InChI=1S/C17H29N9/c1-24-8-10-25(11-9-24)14-4-6-26(7-5-14)15-3-2-13(12-20-15)17(19)21-16(18)22-23-17/h2-3,12,14,23H,4-11,19H2,1H3,(H3,18,21,22). The van der Waals surface area contributed by atoms with E-state index in [0.29, 0.717) is 6.04 Å². The van der Waals surface area contributed by atoms with Gasteiger partial charge in [-0.1, -0.05) is 0 Å². The van der Waals surface area contributed by atoms with Gasteiger partial charge in [-0.05, 0) is 32.0 Å². The van der Waals surface area contributed by atoms with Gasteiger partial charge in [-0.15, -0.1) is 0 Å². The second kappa shape index (κ2) is 6.99. The predicted molar refractivity (Wildman–Crippen MR) is 102 cm³/mol. The molecule has 1 aromatic rings. The van der Waals surface area contributed by atoms with Crippen LogP contribution < -0.4 is 27.2 Å². The normalized spacial score (nSPS) is 28.8. The number of nitrogens with two attached hydrogens (primary N) is 2. The van der Waals surface area contributed by atoms with Crippen molar-refractivity contribution in [1.29, 1.82) is 0 Å². The minimum absolute atomic E-state index is 0.280. The quantitative estimate of drug-likeness (QED) is 0.532. The molecule has 26 heavy (non-hydrogen) atoms. The van der Waals surface area contributed by atoms with Crippen molar-refractivity contribution in [3.63, 3.8) is 0 Å². The van der Waals surface area contributed by atoms with Crippen molar-refractivity contribution in [2.45, 2.75) is 24.7 Å². The topological polar surface area (TPSA) is 111 Å². The van der Waals surface area contributed by atoms with Gasteiger partial charge < -0.3 is 15.5 Å². The Morgan fingerprint density at radius 1 is 1.12 bits per heavy atom. The molecule has 6 N–H and O–H groups in total. The van der Waals surface area contributed by atoms with Gasteiger partial charge in [0, 0.05) is 57.1 Å². The summed E-state index contributed by atoms with van der Waals surface area (Å²) in [6, 6.07) is 4.69. The number of aliphatic imine (C=N–C) groups is 1. The zero-order valence-corrected chi connectivity index (χ0v) is 15.4. The number of nitrogens with zero attached hydrogens (tertiary/aromatic N) is 5. The third-order valence-electron chi connectivity index (χ3n) is 5.71. The second-order valence-electron chi connectivity index (χ2n) is 7.48. The van der Waals surface area contributed by atoms with Crippen LogP contribution in [-0.2, 0) is 5.79 Å². The number of hydrogen-bond donors (Lipinski definition) is 4. The summed E-state index contributed by atoms with van der Waals surface area (Å²) in [5.74, 6) is 0.226. The van der Waals surface area contributed by atoms with Crippen LogP contribution in [0.25, 0.3) is 0 Å². The van der Waals surface area contributed by atoms with Gasteiger partial charge in [-0.25, -0.2) is 9.98 Å². The molecule has 0 bridgehead atoms. The molecule has 1 unspecified atom stereocenters. The Bertz CT molecular complexity index is 645. The van der Waals surface area contributed by atoms with Gasteiger partial charge in [0.15, 0.2) is 0 Å². The third kappa shape index (κ3) is 3.48. The first-order valence-corrected chi connectivity index (χ1v) is 9.35. The van der Waals surface area contributed by atoms with Crippen molar-refractivity contribution in [3.8, 4) is 0 Å². The van der Waals surface area contributed by atoms with Crippen LogP contribution in [-0.4, -0.2) is 73.1 Å². The van der Waals surface area contributed by atoms with Crippen LogP contribution >= 0.6 is 0 Å². The Kier molecular flexibility index (Phi) is 4.70. The Labute approximate surface area is 154 Å². The number of piperidine rings is 1. The molecule has 1 atom stereocenters. The number of hydrogen-bond acceptors (Lipinski definition) is 9. The Morgan fingerprint density at radius 2 is 1.85 bits per heavy atom. The van der Waals surface area contributed by atoms with E-state index in [2.05, 4.69) is 42.6 Å². The summed E-state index contributed by atoms with van der Waals surface area (Å²) < 4.78 is 0. The highest BCUT2D eigenvalue weighted by atomic mass is 15.6. The van der Waals surface area contributed by atoms with Crippen LogP contribution in [0, 0.1) is 0 Å². The van der Waals surface area contributed by atoms with Gasteiger partial charge in [0.05, 0.1) is 0 Å². The molecule has 9 nitrogen and oxygen atoms in total. The maximum atomic E-state index is 6.21. The van der Waals surface area contributed by atoms with Gasteiger partial charge in [-0.2, -0.15) is 5.43 Å². The summed E-state index contributed by atoms with van der Waals surface area (Å²) in [4.78, 5) is 16.2. The van der Waals surface area contributed by atoms with Crippen molar-refractivity contribution >= 4 is 11.8 Å². The summed E-state index contributed by atoms with van der Waals surface area (Å²) in [6.45, 7) is 6.83. The predicted octanol–water partition coefficient (Wildman–Crippen LogP) is -1.21. The molecule has 4 rings (SSSR count). The molecule has 0 aromatic carbocycles. The van der Waals surface area contributed by atoms with E-state index < -0.39 is 5.79 Å². The molecule has 142 valence electrons. The van der Waals surface area contributed by atoms with Gasteiger partial charge in [0.2, 0.25) is 11.7 Å². The molecule has 9 heteroatoms. The van der Waals surface area contributed by atoms with Gasteiger partial charge in [-0.3, -0.25) is 16.1 Å². The fraction of sp³-hybridized carbons (Fsp3) is 0.647. The molecule has 1 aromatic heterocycles. The van der Waals surface area contributed by atoms with Crippen molar-refractivity contribution in [3.05, 3.63) is 23.9 Å². The number of anilines is 1. The molecule has 0 saturated carbocycles. The molecule has 0 amide bonds. The SMILES string of the molecule is CN1CCN(C2CCN(c3ccc(C4(N)N=C(N)NN4)cn3)CC2)CC1. The zero-order chi connectivity index (χ0) is 18.1. The fourth-order valence-corrected chi connectivity index (χ4v) is 3.99. The minimum Gasteiger partial charge on any atom is -0.369 e. The van der Waals surface area contributed by atoms with Crippen LogP contribution in [0.3, 0.4) is 0 Å². The third-order valence-corrected chi connectivity index (χ3v) is 5.71. The van der Waals surface area contributed by atoms with E-state index in [-0.39, 0.29) is 5.96 Å². The van der Waals surface area contributed by atoms with E-state index >= 15 is 0 Å². The Hall–Kier alpha value is -1.94. The number of rotatable bonds is 3. The van der Waals surface area contributed by atoms with Crippen molar-refractivity contribution in [2.75, 3.05) is 51.2 Å². The van der Waals surface area contributed by atoms with E-state index in [1.807, 2.05) is 12.1 Å². The van der Waals surface area contributed by atoms with Crippen LogP contribution in [0.15, 0.2) is 23.3 Å². The fourth-order valence-electron chi connectivity index (χ4n) is 3.99. The first kappa shape index (κ1) is 17.5. The smallest absolute Gasteiger partial charge is 0.210 e. The highest BCUT2D eigenvalue weighted by molar-refractivity contribution is 5.79. The van der Waals surface area contributed by atoms with E-state index in [9.17, 15) is 0 Å². The van der Waals surface area contributed by atoms with Gasteiger partial charge in [0.1, 0.15) is 5.82 Å². The van der Waals surface area contributed by atoms with Crippen LogP contribution in [0.2, 0.25) is 0 Å². The van der Waals surface area contributed by atoms with Crippen LogP contribution in [0.4, 0.5) is 5.82 Å². The monoisotopic (exact) mass is 359 g/mol. The number of piperazine rings is 1. The van der Waals surface area contributed by atoms with Crippen molar-refractivity contribution in [2.24, 2.45) is 16.5 Å². The molecule has 3 aliphatic heterocycles. The molecular formula is C17H29N9. The average molecular weight is 359 g/mol. The summed E-state index contributed by atoms with van der Waals surface area (Å²) in [6.07, 6.45) is 4.17. The van der Waals surface area contributed by atoms with E-state index in [4.69, 9.17) is 11.5 Å². The number of nitrogens with one attached hydrogen (secondary N) is 2. The zero-order valence-electron chi connectivity index (χ0n) is 15.4. The molecule has 0 spiro atoms. The first-order valence-electron chi connectivity index (χ1n) is 9.35. The molecular weight excluding hydrogens is 330 g/mol. The van der Waals surface area contributed by atoms with E-state index in [1.54, 1.807) is 6.20 Å². The number of likely N-dealkylation sites (N-methyl/N-ethyl adjacent to an activating group) is 1. The van der Waals surface area contributed by atoms with E-state index in [0.717, 1.165) is 24.5 Å². The molecule has 2 fully saturated rings. The lowest BCUT2D eigenvalue weighted by atomic mass is 10.0. The molecule has 0 aliphatic carbocycles. The van der Waals surface area contributed by atoms with Crippen molar-refractivity contribution in [1.82, 2.24) is 25.6 Å². The van der Waals surface area contributed by atoms with Crippen LogP contribution in [0.1, 0.15) is 18.4 Å². The van der Waals surface area contributed by atoms with Crippen molar-refractivity contribution < 1.29 is 0 Å². The maximum absolute atomic E-state index is 6.21. The lowest BCUT2D eigenvalue weighted by molar-refractivity contribution is 0.0981. The first-order chi connectivity index (χ1) is 12.5. The van der Waals surface area contributed by atoms with Crippen LogP contribution in [0.5, 0.6) is 0 Å². The Morgan fingerprint density at radius 3 is 2.42 bits per heavy atom. The average Bonchev–Trinajstić information content (AvgIpc) is 3.03. The summed E-state index contributed by atoms with van der Waals surface area (Å²) in [7, 11) is 2.21. The van der Waals surface area contributed by atoms with E-state index in [1.165, 1.54) is 39.0 Å². The maximum Gasteiger partial charge on any atom is 0.210 e. The second-order valence-corrected chi connectivity index (χ2v) is 7.48. The molecule has 3 aliphatic rings. The number of aromatic nitrogens is 1. The van der Waals surface area contributed by atoms with Gasteiger partial charge >= 0.3 is 0 Å². The minimum atomic E-state index is -1.05. The summed E-state index contributed by atoms with van der Waals surface area (Å²) in [5, 5.41) is 0. The summed E-state index contributed by atoms with van der Waals surface area (Å²) >= 11 is 0. The number of hydrazine groups is 1. The molecule has 4 heterocycles. The highest BCUT2D eigenvalue weighted by Gasteiger charge is 2.32. The summed E-state index contributed by atoms with van der Waals surface area (Å²) in [5.41, 5.74) is 18.2. The Balaban J connectivity index is 1.35. The number of pyridine rings is 1. The highest BCUT2D eigenvalue weighted by Crippen LogP contribution is 2.24. The number of guanidine groups is 1. The lowest BCUT2D eigenvalue weighted by Gasteiger charge is -2.42. The lowest BCUT2D eigenvalue weighted by Crippen LogP contribution is -2.52. The van der Waals surface area contributed by atoms with Gasteiger partial charge in [0.25, 0.3) is 0 Å². The largest absolute Gasteiger partial charge is 0.369 e.